The van der Waals surface area contributed by atoms with Gasteiger partial charge in [0, 0.05) is 24.0 Å². The van der Waals surface area contributed by atoms with Crippen molar-refractivity contribution in [2.75, 3.05) is 31.6 Å². The number of morpholine rings is 1. The Labute approximate surface area is 197 Å². The fourth-order valence-electron chi connectivity index (χ4n) is 3.34. The van der Waals surface area contributed by atoms with Crippen LogP contribution in [0.3, 0.4) is 0 Å². The zero-order chi connectivity index (χ0) is 23.4. The molecule has 0 bridgehead atoms. The Morgan fingerprint density at radius 1 is 1.15 bits per heavy atom. The maximum Gasteiger partial charge on any atom is 0.275 e. The second-order valence-electron chi connectivity index (χ2n) is 7.70. The third-order valence-corrected chi connectivity index (χ3v) is 7.71. The van der Waals surface area contributed by atoms with Crippen molar-refractivity contribution in [2.45, 2.75) is 24.8 Å². The van der Waals surface area contributed by atoms with E-state index in [1.54, 1.807) is 11.4 Å². The standard InChI is InChI=1S/C23H25N3O5S2/c1-16(2)31-21-9-8-18(33(28,29)26-10-12-30-13-11-26)14-19(21)24-22(27)20-15-32-23(25-20)17-6-4-3-5-7-17/h3-9,14-16H,10-13H2,1-2H3,(H,24,27). The molecule has 10 heteroatoms. The van der Waals surface area contributed by atoms with Crippen molar-refractivity contribution in [3.8, 4) is 16.3 Å². The Bertz CT molecular complexity index is 1220. The van der Waals surface area contributed by atoms with Gasteiger partial charge < -0.3 is 14.8 Å². The zero-order valence-corrected chi connectivity index (χ0v) is 20.0. The van der Waals surface area contributed by atoms with Crippen molar-refractivity contribution in [2.24, 2.45) is 0 Å². The summed E-state index contributed by atoms with van der Waals surface area (Å²) in [5.74, 6) is -0.0549. The molecule has 0 saturated carbocycles. The van der Waals surface area contributed by atoms with Crippen molar-refractivity contribution < 1.29 is 22.7 Å². The van der Waals surface area contributed by atoms with Crippen molar-refractivity contribution in [3.05, 3.63) is 59.6 Å². The molecule has 2 aromatic carbocycles. The first-order valence-corrected chi connectivity index (χ1v) is 12.9. The van der Waals surface area contributed by atoms with E-state index >= 15 is 0 Å². The molecule has 0 unspecified atom stereocenters. The van der Waals surface area contributed by atoms with Crippen LogP contribution < -0.4 is 10.1 Å². The minimum Gasteiger partial charge on any atom is -0.489 e. The zero-order valence-electron chi connectivity index (χ0n) is 18.4. The molecule has 0 aliphatic carbocycles. The Morgan fingerprint density at radius 3 is 2.58 bits per heavy atom. The summed E-state index contributed by atoms with van der Waals surface area (Å²) < 4.78 is 38.6. The number of sulfonamides is 1. The van der Waals surface area contributed by atoms with Crippen LogP contribution in [0.5, 0.6) is 5.75 Å². The van der Waals surface area contributed by atoms with Gasteiger partial charge in [-0.05, 0) is 32.0 Å². The lowest BCUT2D eigenvalue weighted by Crippen LogP contribution is -2.40. The summed E-state index contributed by atoms with van der Waals surface area (Å²) in [6.07, 6.45) is -0.161. The number of carbonyl (C=O) groups is 1. The Balaban J connectivity index is 1.62. The Hall–Kier alpha value is -2.79. The SMILES string of the molecule is CC(C)Oc1ccc(S(=O)(=O)N2CCOCC2)cc1NC(=O)c1csc(-c2ccccc2)n1. The Morgan fingerprint density at radius 2 is 1.88 bits per heavy atom. The van der Waals surface area contributed by atoms with Gasteiger partial charge in [-0.25, -0.2) is 13.4 Å². The molecule has 0 radical (unpaired) electrons. The molecule has 1 aliphatic heterocycles. The van der Waals surface area contributed by atoms with Gasteiger partial charge in [0.2, 0.25) is 10.0 Å². The molecule has 1 aliphatic rings. The van der Waals surface area contributed by atoms with Crippen LogP contribution in [0.1, 0.15) is 24.3 Å². The Kier molecular flexibility index (Phi) is 7.08. The van der Waals surface area contributed by atoms with E-state index in [9.17, 15) is 13.2 Å². The average molecular weight is 488 g/mol. The predicted molar refractivity (Wildman–Crippen MR) is 127 cm³/mol. The van der Waals surface area contributed by atoms with Crippen LogP contribution in [0.2, 0.25) is 0 Å². The molecule has 174 valence electrons. The molecule has 1 amide bonds. The van der Waals surface area contributed by atoms with Crippen molar-refractivity contribution in [1.82, 2.24) is 9.29 Å². The van der Waals surface area contributed by atoms with Crippen LogP contribution in [0.4, 0.5) is 5.69 Å². The lowest BCUT2D eigenvalue weighted by atomic mass is 10.2. The number of amides is 1. The van der Waals surface area contributed by atoms with Gasteiger partial charge in [-0.2, -0.15) is 4.31 Å². The molecule has 8 nitrogen and oxygen atoms in total. The summed E-state index contributed by atoms with van der Waals surface area (Å²) in [7, 11) is -3.73. The van der Waals surface area contributed by atoms with E-state index in [0.717, 1.165) is 10.6 Å². The average Bonchev–Trinajstić information content (AvgIpc) is 3.31. The van der Waals surface area contributed by atoms with Gasteiger partial charge in [0.1, 0.15) is 16.5 Å². The minimum absolute atomic E-state index is 0.0825. The first kappa shape index (κ1) is 23.4. The second kappa shape index (κ2) is 10.0. The third-order valence-electron chi connectivity index (χ3n) is 4.93. The van der Waals surface area contributed by atoms with Crippen LogP contribution in [-0.2, 0) is 14.8 Å². The molecule has 0 atom stereocenters. The van der Waals surface area contributed by atoms with Crippen LogP contribution >= 0.6 is 11.3 Å². The van der Waals surface area contributed by atoms with Crippen LogP contribution in [0.25, 0.3) is 10.6 Å². The van der Waals surface area contributed by atoms with Gasteiger partial charge in [-0.1, -0.05) is 30.3 Å². The summed E-state index contributed by atoms with van der Waals surface area (Å²) in [6, 6.07) is 14.1. The first-order valence-electron chi connectivity index (χ1n) is 10.6. The highest BCUT2D eigenvalue weighted by Crippen LogP contribution is 2.31. The lowest BCUT2D eigenvalue weighted by Gasteiger charge is -2.26. The maximum absolute atomic E-state index is 13.1. The topological polar surface area (TPSA) is 97.8 Å². The number of benzene rings is 2. The maximum atomic E-state index is 13.1. The smallest absolute Gasteiger partial charge is 0.275 e. The van der Waals surface area contributed by atoms with Gasteiger partial charge in [-0.15, -0.1) is 11.3 Å². The number of hydrogen-bond acceptors (Lipinski definition) is 7. The fourth-order valence-corrected chi connectivity index (χ4v) is 5.58. The van der Waals surface area contributed by atoms with E-state index in [1.165, 1.54) is 27.8 Å². The molecule has 3 aromatic rings. The lowest BCUT2D eigenvalue weighted by molar-refractivity contribution is 0.0730. The van der Waals surface area contributed by atoms with Gasteiger partial charge in [0.25, 0.3) is 5.91 Å². The molecular weight excluding hydrogens is 462 g/mol. The van der Waals surface area contributed by atoms with Crippen molar-refractivity contribution in [1.29, 1.82) is 0 Å². The number of nitrogens with one attached hydrogen (secondary N) is 1. The second-order valence-corrected chi connectivity index (χ2v) is 10.5. The summed E-state index contributed by atoms with van der Waals surface area (Å²) in [4.78, 5) is 17.5. The predicted octanol–water partition coefficient (Wildman–Crippen LogP) is 3.87. The molecule has 1 aromatic heterocycles. The molecule has 33 heavy (non-hydrogen) atoms. The van der Waals surface area contributed by atoms with Crippen LogP contribution in [0, 0.1) is 0 Å². The summed E-state index contributed by atoms with van der Waals surface area (Å²) in [5.41, 5.74) is 1.44. The highest BCUT2D eigenvalue weighted by Gasteiger charge is 2.27. The number of rotatable bonds is 7. The number of aromatic nitrogens is 1. The largest absolute Gasteiger partial charge is 0.489 e. The van der Waals surface area contributed by atoms with Gasteiger partial charge >= 0.3 is 0 Å². The molecular formula is C23H25N3O5S2. The molecule has 1 fully saturated rings. The number of hydrogen-bond donors (Lipinski definition) is 1. The van der Waals surface area contributed by atoms with E-state index in [-0.39, 0.29) is 35.5 Å². The third kappa shape index (κ3) is 5.41. The van der Waals surface area contributed by atoms with E-state index in [4.69, 9.17) is 9.47 Å². The quantitative estimate of drug-likeness (QED) is 0.543. The number of ether oxygens (including phenoxy) is 2. The summed E-state index contributed by atoms with van der Waals surface area (Å²) in [6.45, 7) is 4.99. The number of carbonyl (C=O) groups excluding carboxylic acids is 1. The normalized spacial score (nSPS) is 14.9. The number of nitrogens with zero attached hydrogens (tertiary/aromatic N) is 2. The number of thiazole rings is 1. The molecule has 2 heterocycles. The molecule has 1 saturated heterocycles. The number of anilines is 1. The fraction of sp³-hybridized carbons (Fsp3) is 0.304. The van der Waals surface area contributed by atoms with E-state index in [2.05, 4.69) is 10.3 Å². The minimum atomic E-state index is -3.73. The van der Waals surface area contributed by atoms with Gasteiger partial charge in [0.15, 0.2) is 0 Å². The van der Waals surface area contributed by atoms with Gasteiger partial charge in [-0.3, -0.25) is 4.79 Å². The molecule has 4 rings (SSSR count). The first-order chi connectivity index (χ1) is 15.8. The summed E-state index contributed by atoms with van der Waals surface area (Å²) in [5, 5.41) is 5.19. The van der Waals surface area contributed by atoms with Crippen molar-refractivity contribution in [3.63, 3.8) is 0 Å². The highest BCUT2D eigenvalue weighted by atomic mass is 32.2. The molecule has 0 spiro atoms. The highest BCUT2D eigenvalue weighted by molar-refractivity contribution is 7.89. The molecule has 1 N–H and O–H groups in total. The van der Waals surface area contributed by atoms with Crippen LogP contribution in [0.15, 0.2) is 58.8 Å². The van der Waals surface area contributed by atoms with E-state index in [1.807, 2.05) is 44.2 Å². The van der Waals surface area contributed by atoms with E-state index in [0.29, 0.717) is 19.0 Å². The van der Waals surface area contributed by atoms with Crippen molar-refractivity contribution >= 4 is 33.0 Å². The summed E-state index contributed by atoms with van der Waals surface area (Å²) >= 11 is 1.36. The van der Waals surface area contributed by atoms with E-state index < -0.39 is 15.9 Å². The van der Waals surface area contributed by atoms with Gasteiger partial charge in [0.05, 0.1) is 29.9 Å². The van der Waals surface area contributed by atoms with Crippen LogP contribution in [-0.4, -0.2) is 56.0 Å². The monoisotopic (exact) mass is 487 g/mol.